The van der Waals surface area contributed by atoms with Gasteiger partial charge in [-0.25, -0.2) is 4.98 Å². The van der Waals surface area contributed by atoms with Crippen LogP contribution < -0.4 is 10.9 Å². The number of benzene rings is 1. The Morgan fingerprint density at radius 3 is 3.08 bits per heavy atom. The van der Waals surface area contributed by atoms with Crippen LogP contribution in [-0.4, -0.2) is 40.5 Å². The van der Waals surface area contributed by atoms with Gasteiger partial charge in [0.25, 0.3) is 5.56 Å². The molecule has 1 unspecified atom stereocenters. The van der Waals surface area contributed by atoms with Crippen molar-refractivity contribution in [1.29, 1.82) is 0 Å². The minimum absolute atomic E-state index is 0.0228. The number of hydrogen-bond donors (Lipinski definition) is 1. The van der Waals surface area contributed by atoms with Gasteiger partial charge in [-0.05, 0) is 25.0 Å². The van der Waals surface area contributed by atoms with Crippen molar-refractivity contribution in [2.24, 2.45) is 0 Å². The van der Waals surface area contributed by atoms with Crippen molar-refractivity contribution in [1.82, 2.24) is 14.9 Å². The summed E-state index contributed by atoms with van der Waals surface area (Å²) in [6.07, 6.45) is 3.59. The molecule has 2 heterocycles. The van der Waals surface area contributed by atoms with Gasteiger partial charge in [0.15, 0.2) is 5.16 Å². The van der Waals surface area contributed by atoms with E-state index in [0.29, 0.717) is 29.1 Å². The number of nitrogens with one attached hydrogen (secondary N) is 1. The zero-order chi connectivity index (χ0) is 17.6. The Morgan fingerprint density at radius 2 is 2.32 bits per heavy atom. The van der Waals surface area contributed by atoms with Crippen molar-refractivity contribution < 1.29 is 9.53 Å². The van der Waals surface area contributed by atoms with Crippen molar-refractivity contribution >= 4 is 28.6 Å². The van der Waals surface area contributed by atoms with E-state index in [1.165, 1.54) is 11.8 Å². The predicted octanol–water partition coefficient (Wildman–Crippen LogP) is 1.97. The maximum absolute atomic E-state index is 12.9. The van der Waals surface area contributed by atoms with Crippen LogP contribution in [0.15, 0.2) is 46.9 Å². The minimum Gasteiger partial charge on any atom is -0.376 e. The maximum Gasteiger partial charge on any atom is 0.262 e. The highest BCUT2D eigenvalue weighted by Gasteiger charge is 2.20. The Hall–Kier alpha value is -2.12. The molecule has 1 fully saturated rings. The van der Waals surface area contributed by atoms with Crippen LogP contribution in [0.2, 0.25) is 0 Å². The first-order chi connectivity index (χ1) is 12.2. The lowest BCUT2D eigenvalue weighted by Crippen LogP contribution is -2.30. The SMILES string of the molecule is C=CCNC(=O)CSc1nc2ccccc2c(=O)n1CC1CCCO1. The molecular formula is C18H21N3O3S. The molecule has 1 aromatic heterocycles. The van der Waals surface area contributed by atoms with E-state index >= 15 is 0 Å². The molecule has 0 radical (unpaired) electrons. The summed E-state index contributed by atoms with van der Waals surface area (Å²) in [4.78, 5) is 29.4. The number of carbonyl (C=O) groups is 1. The summed E-state index contributed by atoms with van der Waals surface area (Å²) >= 11 is 1.27. The standard InChI is InChI=1S/C18H21N3O3S/c1-2-9-19-16(22)12-25-18-20-15-8-4-3-7-14(15)17(23)21(18)11-13-6-5-10-24-13/h2-4,7-8,13H,1,5-6,9-12H2,(H,19,22). The second-order valence-corrected chi connectivity index (χ2v) is 6.79. The van der Waals surface area contributed by atoms with Gasteiger partial charge < -0.3 is 10.1 Å². The number of nitrogens with zero attached hydrogens (tertiary/aromatic N) is 2. The zero-order valence-corrected chi connectivity index (χ0v) is 14.8. The van der Waals surface area contributed by atoms with Gasteiger partial charge >= 0.3 is 0 Å². The molecule has 1 saturated heterocycles. The smallest absolute Gasteiger partial charge is 0.262 e. The molecule has 6 nitrogen and oxygen atoms in total. The summed E-state index contributed by atoms with van der Waals surface area (Å²) in [5, 5.41) is 3.86. The van der Waals surface area contributed by atoms with Gasteiger partial charge in [-0.2, -0.15) is 0 Å². The van der Waals surface area contributed by atoms with E-state index in [1.54, 1.807) is 16.7 Å². The molecule has 2 aromatic rings. The van der Waals surface area contributed by atoms with Crippen LogP contribution >= 0.6 is 11.8 Å². The Labute approximate surface area is 150 Å². The lowest BCUT2D eigenvalue weighted by molar-refractivity contribution is -0.118. The van der Waals surface area contributed by atoms with Gasteiger partial charge in [0.05, 0.1) is 29.3 Å². The normalized spacial score (nSPS) is 16.9. The second kappa shape index (κ2) is 8.31. The molecule has 1 aromatic carbocycles. The molecule has 1 aliphatic heterocycles. The molecular weight excluding hydrogens is 338 g/mol. The molecule has 0 saturated carbocycles. The fourth-order valence-corrected chi connectivity index (χ4v) is 3.62. The second-order valence-electron chi connectivity index (χ2n) is 5.84. The highest BCUT2D eigenvalue weighted by Crippen LogP contribution is 2.20. The van der Waals surface area contributed by atoms with Gasteiger partial charge in [-0.3, -0.25) is 14.2 Å². The number of fused-ring (bicyclic) bond motifs is 1. The van der Waals surface area contributed by atoms with Crippen LogP contribution in [0, 0.1) is 0 Å². The van der Waals surface area contributed by atoms with Crippen LogP contribution in [-0.2, 0) is 16.1 Å². The summed E-state index contributed by atoms with van der Waals surface area (Å²) in [7, 11) is 0. The quantitative estimate of drug-likeness (QED) is 0.465. The summed E-state index contributed by atoms with van der Waals surface area (Å²) < 4.78 is 7.31. The van der Waals surface area contributed by atoms with E-state index in [2.05, 4.69) is 16.9 Å². The van der Waals surface area contributed by atoms with E-state index in [4.69, 9.17) is 4.74 Å². The van der Waals surface area contributed by atoms with E-state index in [0.717, 1.165) is 19.4 Å². The molecule has 1 aliphatic rings. The number of ether oxygens (including phenoxy) is 1. The molecule has 1 N–H and O–H groups in total. The van der Waals surface area contributed by atoms with Crippen LogP contribution in [0.1, 0.15) is 12.8 Å². The summed E-state index contributed by atoms with van der Waals surface area (Å²) in [5.74, 6) is 0.0837. The molecule has 132 valence electrons. The largest absolute Gasteiger partial charge is 0.376 e. The fourth-order valence-electron chi connectivity index (χ4n) is 2.78. The molecule has 7 heteroatoms. The van der Waals surface area contributed by atoms with Crippen molar-refractivity contribution in [2.75, 3.05) is 18.9 Å². The molecule has 1 atom stereocenters. The number of hydrogen-bond acceptors (Lipinski definition) is 5. The maximum atomic E-state index is 12.9. The van der Waals surface area contributed by atoms with Crippen LogP contribution in [0.4, 0.5) is 0 Å². The molecule has 0 aliphatic carbocycles. The number of aromatic nitrogens is 2. The van der Waals surface area contributed by atoms with E-state index in [9.17, 15) is 9.59 Å². The third-order valence-corrected chi connectivity index (χ3v) is 4.99. The number of carbonyl (C=O) groups excluding carboxylic acids is 1. The van der Waals surface area contributed by atoms with E-state index < -0.39 is 0 Å². The number of rotatable bonds is 7. The van der Waals surface area contributed by atoms with Crippen LogP contribution in [0.3, 0.4) is 0 Å². The number of thioether (sulfide) groups is 1. The van der Waals surface area contributed by atoms with Gasteiger partial charge in [-0.1, -0.05) is 30.0 Å². The Morgan fingerprint density at radius 1 is 1.48 bits per heavy atom. The van der Waals surface area contributed by atoms with Crippen LogP contribution in [0.5, 0.6) is 0 Å². The number of amides is 1. The molecule has 25 heavy (non-hydrogen) atoms. The van der Waals surface area contributed by atoms with Crippen molar-refractivity contribution in [3.63, 3.8) is 0 Å². The van der Waals surface area contributed by atoms with Gasteiger partial charge in [0.2, 0.25) is 5.91 Å². The molecule has 1 amide bonds. The Kier molecular flexibility index (Phi) is 5.88. The molecule has 0 spiro atoms. The van der Waals surface area contributed by atoms with Crippen molar-refractivity contribution in [3.8, 4) is 0 Å². The highest BCUT2D eigenvalue weighted by molar-refractivity contribution is 7.99. The third kappa shape index (κ3) is 4.29. The Bertz CT molecular complexity index is 828. The predicted molar refractivity (Wildman–Crippen MR) is 98.9 cm³/mol. The first-order valence-electron chi connectivity index (χ1n) is 8.30. The van der Waals surface area contributed by atoms with Crippen molar-refractivity contribution in [2.45, 2.75) is 30.6 Å². The fraction of sp³-hybridized carbons (Fsp3) is 0.389. The van der Waals surface area contributed by atoms with Gasteiger partial charge in [0, 0.05) is 13.2 Å². The molecule has 0 bridgehead atoms. The average molecular weight is 359 g/mol. The first kappa shape index (κ1) is 17.7. The number of para-hydroxylation sites is 1. The minimum atomic E-state index is -0.115. The summed E-state index contributed by atoms with van der Waals surface area (Å²) in [6.45, 7) is 5.19. The van der Waals surface area contributed by atoms with Gasteiger partial charge in [0.1, 0.15) is 0 Å². The molecule has 3 rings (SSSR count). The topological polar surface area (TPSA) is 73.2 Å². The Balaban J connectivity index is 1.89. The lowest BCUT2D eigenvalue weighted by atomic mass is 10.2. The van der Waals surface area contributed by atoms with Gasteiger partial charge in [-0.15, -0.1) is 6.58 Å². The van der Waals surface area contributed by atoms with E-state index in [1.807, 2.05) is 18.2 Å². The summed E-state index contributed by atoms with van der Waals surface area (Å²) in [6, 6.07) is 7.28. The highest BCUT2D eigenvalue weighted by atomic mass is 32.2. The first-order valence-corrected chi connectivity index (χ1v) is 9.29. The third-order valence-electron chi connectivity index (χ3n) is 4.01. The monoisotopic (exact) mass is 359 g/mol. The summed E-state index contributed by atoms with van der Waals surface area (Å²) in [5.41, 5.74) is 0.556. The van der Waals surface area contributed by atoms with Crippen molar-refractivity contribution in [3.05, 3.63) is 47.3 Å². The average Bonchev–Trinajstić information content (AvgIpc) is 3.14. The zero-order valence-electron chi connectivity index (χ0n) is 13.9. The lowest BCUT2D eigenvalue weighted by Gasteiger charge is -2.16. The van der Waals surface area contributed by atoms with E-state index in [-0.39, 0.29) is 23.3 Å². The van der Waals surface area contributed by atoms with Crippen LogP contribution in [0.25, 0.3) is 10.9 Å².